The van der Waals surface area contributed by atoms with Crippen LogP contribution in [-0.4, -0.2) is 31.0 Å². The number of carbonyl (C=O) groups is 1. The zero-order valence-electron chi connectivity index (χ0n) is 15.9. The van der Waals surface area contributed by atoms with Gasteiger partial charge in [0.15, 0.2) is 0 Å². The molecule has 1 amide bonds. The molecule has 0 saturated carbocycles. The van der Waals surface area contributed by atoms with Gasteiger partial charge < -0.3 is 20.7 Å². The monoisotopic (exact) mass is 355 g/mol. The van der Waals surface area contributed by atoms with Crippen molar-refractivity contribution in [2.24, 2.45) is 0 Å². The van der Waals surface area contributed by atoms with Crippen LogP contribution in [0.1, 0.15) is 32.3 Å². The van der Waals surface area contributed by atoms with E-state index in [2.05, 4.69) is 18.3 Å². The molecule has 0 heterocycles. The fourth-order valence-electron chi connectivity index (χ4n) is 2.88. The van der Waals surface area contributed by atoms with Crippen LogP contribution < -0.4 is 15.8 Å². The van der Waals surface area contributed by atoms with Crippen molar-refractivity contribution in [1.82, 2.24) is 4.90 Å². The van der Waals surface area contributed by atoms with E-state index in [0.29, 0.717) is 12.1 Å². The predicted molar refractivity (Wildman–Crippen MR) is 108 cm³/mol. The summed E-state index contributed by atoms with van der Waals surface area (Å²) in [5, 5.41) is 3.35. The fourth-order valence-corrected chi connectivity index (χ4v) is 2.88. The van der Waals surface area contributed by atoms with Gasteiger partial charge >= 0.3 is 0 Å². The highest BCUT2D eigenvalue weighted by Crippen LogP contribution is 2.31. The molecule has 140 valence electrons. The number of ether oxygens (including phenoxy) is 1. The minimum absolute atomic E-state index is 0.204. The summed E-state index contributed by atoms with van der Waals surface area (Å²) in [6, 6.07) is 13.7. The molecule has 0 atom stereocenters. The van der Waals surface area contributed by atoms with Gasteiger partial charge in [-0.25, -0.2) is 0 Å². The second kappa shape index (κ2) is 9.70. The van der Waals surface area contributed by atoms with Gasteiger partial charge in [-0.1, -0.05) is 32.0 Å². The number of amides is 1. The molecule has 0 unspecified atom stereocenters. The van der Waals surface area contributed by atoms with E-state index in [-0.39, 0.29) is 5.91 Å². The molecular formula is C21H29N3O2. The van der Waals surface area contributed by atoms with Crippen molar-refractivity contribution >= 4 is 23.0 Å². The number of rotatable bonds is 9. The van der Waals surface area contributed by atoms with Crippen LogP contribution in [0.2, 0.25) is 0 Å². The van der Waals surface area contributed by atoms with Crippen molar-refractivity contribution in [2.45, 2.75) is 33.1 Å². The number of hydrogen-bond acceptors (Lipinski definition) is 4. The topological polar surface area (TPSA) is 67.6 Å². The third-order valence-corrected chi connectivity index (χ3v) is 4.31. The number of nitrogens with one attached hydrogen (secondary N) is 1. The molecule has 0 aliphatic rings. The van der Waals surface area contributed by atoms with Crippen LogP contribution in [-0.2, 0) is 11.2 Å². The molecule has 0 saturated heterocycles. The maximum atomic E-state index is 12.0. The van der Waals surface area contributed by atoms with Gasteiger partial charge in [-0.15, -0.1) is 0 Å². The van der Waals surface area contributed by atoms with E-state index in [1.807, 2.05) is 48.2 Å². The first-order valence-electron chi connectivity index (χ1n) is 9.15. The molecule has 2 aromatic rings. The lowest BCUT2D eigenvalue weighted by atomic mass is 10.1. The molecule has 0 aromatic heterocycles. The summed E-state index contributed by atoms with van der Waals surface area (Å²) in [6.07, 6.45) is 2.31. The molecule has 5 nitrogen and oxygen atoms in total. The zero-order chi connectivity index (χ0) is 18.9. The number of para-hydroxylation sites is 2. The third-order valence-electron chi connectivity index (χ3n) is 4.31. The molecule has 2 rings (SSSR count). The van der Waals surface area contributed by atoms with Gasteiger partial charge in [0.1, 0.15) is 5.75 Å². The number of carbonyl (C=O) groups excluding carboxylic acids is 1. The molecule has 26 heavy (non-hydrogen) atoms. The number of hydrogen-bond donors (Lipinski definition) is 2. The second-order valence-electron chi connectivity index (χ2n) is 6.23. The predicted octanol–water partition coefficient (Wildman–Crippen LogP) is 4.21. The Labute approximate surface area is 156 Å². The van der Waals surface area contributed by atoms with Crippen LogP contribution in [0.3, 0.4) is 0 Å². The molecule has 0 aliphatic heterocycles. The Bertz CT molecular complexity index is 731. The molecule has 0 fully saturated rings. The first-order chi connectivity index (χ1) is 12.6. The third kappa shape index (κ3) is 5.15. The Balaban J connectivity index is 2.15. The SMILES string of the molecule is CCCN(CCc1ccc(OC)c(Nc2ccccc2N)c1)C(=O)CC. The van der Waals surface area contributed by atoms with Crippen LogP contribution in [0.5, 0.6) is 5.75 Å². The van der Waals surface area contributed by atoms with Gasteiger partial charge in [0.2, 0.25) is 5.91 Å². The van der Waals surface area contributed by atoms with E-state index >= 15 is 0 Å². The van der Waals surface area contributed by atoms with E-state index in [4.69, 9.17) is 10.5 Å². The first kappa shape index (κ1) is 19.6. The average molecular weight is 355 g/mol. The first-order valence-corrected chi connectivity index (χ1v) is 9.15. The van der Waals surface area contributed by atoms with Crippen LogP contribution in [0.4, 0.5) is 17.1 Å². The Morgan fingerprint density at radius 2 is 1.88 bits per heavy atom. The molecule has 5 heteroatoms. The number of nitrogens with two attached hydrogens (primary N) is 1. The Morgan fingerprint density at radius 3 is 2.54 bits per heavy atom. The summed E-state index contributed by atoms with van der Waals surface area (Å²) in [5.74, 6) is 0.961. The number of benzene rings is 2. The second-order valence-corrected chi connectivity index (χ2v) is 6.23. The summed E-state index contributed by atoms with van der Waals surface area (Å²) in [7, 11) is 1.65. The van der Waals surface area contributed by atoms with Crippen LogP contribution in [0.15, 0.2) is 42.5 Å². The smallest absolute Gasteiger partial charge is 0.222 e. The van der Waals surface area contributed by atoms with Crippen molar-refractivity contribution in [1.29, 1.82) is 0 Å². The van der Waals surface area contributed by atoms with Crippen molar-refractivity contribution < 1.29 is 9.53 Å². The number of methoxy groups -OCH3 is 1. The van der Waals surface area contributed by atoms with Gasteiger partial charge in [0.05, 0.1) is 24.2 Å². The molecular weight excluding hydrogens is 326 g/mol. The van der Waals surface area contributed by atoms with Gasteiger partial charge in [-0.2, -0.15) is 0 Å². The lowest BCUT2D eigenvalue weighted by Gasteiger charge is -2.22. The molecule has 3 N–H and O–H groups in total. The maximum absolute atomic E-state index is 12.0. The number of nitrogen functional groups attached to an aromatic ring is 1. The minimum atomic E-state index is 0.204. The van der Waals surface area contributed by atoms with Crippen LogP contribution in [0, 0.1) is 0 Å². The van der Waals surface area contributed by atoms with Gasteiger partial charge in [-0.05, 0) is 42.7 Å². The molecule has 0 bridgehead atoms. The zero-order valence-corrected chi connectivity index (χ0v) is 15.9. The summed E-state index contributed by atoms with van der Waals surface area (Å²) in [5.41, 5.74) is 9.57. The van der Waals surface area contributed by atoms with Crippen molar-refractivity contribution in [3.63, 3.8) is 0 Å². The van der Waals surface area contributed by atoms with Gasteiger partial charge in [0.25, 0.3) is 0 Å². The van der Waals surface area contributed by atoms with E-state index < -0.39 is 0 Å². The van der Waals surface area contributed by atoms with Gasteiger partial charge in [0, 0.05) is 19.5 Å². The van der Waals surface area contributed by atoms with E-state index in [1.54, 1.807) is 7.11 Å². The summed E-state index contributed by atoms with van der Waals surface area (Å²) >= 11 is 0. The highest BCUT2D eigenvalue weighted by atomic mass is 16.5. The van der Waals surface area contributed by atoms with Crippen molar-refractivity contribution in [3.05, 3.63) is 48.0 Å². The molecule has 0 spiro atoms. The van der Waals surface area contributed by atoms with Crippen LogP contribution in [0.25, 0.3) is 0 Å². The summed E-state index contributed by atoms with van der Waals surface area (Å²) in [6.45, 7) is 5.52. The molecule has 0 aliphatic carbocycles. The molecule has 0 radical (unpaired) electrons. The standard InChI is InChI=1S/C21H29N3O2/c1-4-13-24(21(25)5-2)14-12-16-10-11-20(26-3)19(15-16)23-18-9-7-6-8-17(18)22/h6-11,15,23H,4-5,12-14,22H2,1-3H3. The normalized spacial score (nSPS) is 10.4. The Hall–Kier alpha value is -2.69. The minimum Gasteiger partial charge on any atom is -0.495 e. The lowest BCUT2D eigenvalue weighted by molar-refractivity contribution is -0.130. The highest BCUT2D eigenvalue weighted by molar-refractivity contribution is 5.76. The maximum Gasteiger partial charge on any atom is 0.222 e. The quantitative estimate of drug-likeness (QED) is 0.661. The Kier molecular flexibility index (Phi) is 7.33. The lowest BCUT2D eigenvalue weighted by Crippen LogP contribution is -2.33. The van der Waals surface area contributed by atoms with Crippen molar-refractivity contribution in [3.8, 4) is 5.75 Å². The highest BCUT2D eigenvalue weighted by Gasteiger charge is 2.12. The Morgan fingerprint density at radius 1 is 1.12 bits per heavy atom. The number of nitrogens with zero attached hydrogens (tertiary/aromatic N) is 1. The number of anilines is 3. The summed E-state index contributed by atoms with van der Waals surface area (Å²) < 4.78 is 5.46. The fraction of sp³-hybridized carbons (Fsp3) is 0.381. The average Bonchev–Trinajstić information content (AvgIpc) is 2.66. The van der Waals surface area contributed by atoms with Gasteiger partial charge in [-0.3, -0.25) is 4.79 Å². The molecule has 2 aromatic carbocycles. The van der Waals surface area contributed by atoms with Crippen LogP contribution >= 0.6 is 0 Å². The summed E-state index contributed by atoms with van der Waals surface area (Å²) in [4.78, 5) is 14.0. The largest absolute Gasteiger partial charge is 0.495 e. The van der Waals surface area contributed by atoms with E-state index in [9.17, 15) is 4.79 Å². The van der Waals surface area contributed by atoms with E-state index in [1.165, 1.54) is 0 Å². The van der Waals surface area contributed by atoms with Crippen molar-refractivity contribution in [2.75, 3.05) is 31.2 Å². The van der Waals surface area contributed by atoms with E-state index in [0.717, 1.165) is 48.6 Å².